The number of ether oxygens (including phenoxy) is 2. The number of methoxy groups -OCH3 is 2. The summed E-state index contributed by atoms with van der Waals surface area (Å²) in [6.45, 7) is 6.26. The van der Waals surface area contributed by atoms with E-state index in [0.717, 1.165) is 5.56 Å². The summed E-state index contributed by atoms with van der Waals surface area (Å²) in [5.41, 5.74) is 0.937. The summed E-state index contributed by atoms with van der Waals surface area (Å²) in [7, 11) is 3.18. The number of carbonyl (C=O) groups is 1. The quantitative estimate of drug-likeness (QED) is 0.823. The predicted molar refractivity (Wildman–Crippen MR) is 99.1 cm³/mol. The van der Waals surface area contributed by atoms with Crippen LogP contribution in [0, 0.1) is 0 Å². The lowest BCUT2D eigenvalue weighted by molar-refractivity contribution is 0.0948. The van der Waals surface area contributed by atoms with Crippen LogP contribution in [0.25, 0.3) is 0 Å². The van der Waals surface area contributed by atoms with Crippen LogP contribution in [0.4, 0.5) is 0 Å². The molecule has 140 valence electrons. The molecule has 0 bridgehead atoms. The average Bonchev–Trinajstić information content (AvgIpc) is 2.59. The SMILES string of the molecule is COc1cc(CCNC(=O)c2cc(C(C)(C)C)[nH]c(=O)n2)cc(OC)c1. The summed E-state index contributed by atoms with van der Waals surface area (Å²) in [5.74, 6) is 1.00. The molecule has 7 nitrogen and oxygen atoms in total. The minimum Gasteiger partial charge on any atom is -0.497 e. The third-order valence-electron chi connectivity index (χ3n) is 3.90. The molecule has 2 rings (SSSR count). The number of nitrogens with zero attached hydrogens (tertiary/aromatic N) is 1. The van der Waals surface area contributed by atoms with Crippen molar-refractivity contribution >= 4 is 5.91 Å². The normalized spacial score (nSPS) is 11.1. The van der Waals surface area contributed by atoms with Crippen molar-refractivity contribution in [3.8, 4) is 11.5 Å². The molecule has 0 aliphatic rings. The lowest BCUT2D eigenvalue weighted by Crippen LogP contribution is -2.31. The fourth-order valence-electron chi connectivity index (χ4n) is 2.40. The van der Waals surface area contributed by atoms with E-state index in [2.05, 4.69) is 15.3 Å². The summed E-state index contributed by atoms with van der Waals surface area (Å²) in [5, 5.41) is 2.79. The van der Waals surface area contributed by atoms with Gasteiger partial charge in [0.1, 0.15) is 17.2 Å². The average molecular weight is 359 g/mol. The van der Waals surface area contributed by atoms with E-state index in [1.165, 1.54) is 0 Å². The molecule has 7 heteroatoms. The second-order valence-corrected chi connectivity index (χ2v) is 6.96. The number of nitrogens with one attached hydrogen (secondary N) is 2. The van der Waals surface area contributed by atoms with E-state index in [1.54, 1.807) is 26.4 Å². The number of amides is 1. The van der Waals surface area contributed by atoms with Crippen molar-refractivity contribution in [3.05, 3.63) is 51.7 Å². The second-order valence-electron chi connectivity index (χ2n) is 6.96. The number of hydrogen-bond acceptors (Lipinski definition) is 5. The van der Waals surface area contributed by atoms with Gasteiger partial charge in [-0.3, -0.25) is 4.79 Å². The van der Waals surface area contributed by atoms with Gasteiger partial charge in [-0.1, -0.05) is 20.8 Å². The fourth-order valence-corrected chi connectivity index (χ4v) is 2.40. The molecule has 0 unspecified atom stereocenters. The Morgan fingerprint density at radius 2 is 1.73 bits per heavy atom. The molecule has 0 radical (unpaired) electrons. The first-order valence-electron chi connectivity index (χ1n) is 8.35. The van der Waals surface area contributed by atoms with Crippen molar-refractivity contribution in [3.63, 3.8) is 0 Å². The van der Waals surface area contributed by atoms with Gasteiger partial charge in [-0.05, 0) is 30.2 Å². The number of benzene rings is 1. The highest BCUT2D eigenvalue weighted by atomic mass is 16.5. The van der Waals surface area contributed by atoms with E-state index in [9.17, 15) is 9.59 Å². The molecule has 0 spiro atoms. The lowest BCUT2D eigenvalue weighted by atomic mass is 9.91. The van der Waals surface area contributed by atoms with Crippen molar-refractivity contribution in [1.29, 1.82) is 0 Å². The maximum Gasteiger partial charge on any atom is 0.345 e. The van der Waals surface area contributed by atoms with Crippen LogP contribution >= 0.6 is 0 Å². The smallest absolute Gasteiger partial charge is 0.345 e. The van der Waals surface area contributed by atoms with E-state index < -0.39 is 5.69 Å². The first kappa shape index (κ1) is 19.5. The Morgan fingerprint density at radius 1 is 1.12 bits per heavy atom. The van der Waals surface area contributed by atoms with E-state index in [4.69, 9.17) is 9.47 Å². The van der Waals surface area contributed by atoms with Gasteiger partial charge in [0.15, 0.2) is 0 Å². The Morgan fingerprint density at radius 3 is 2.27 bits per heavy atom. The van der Waals surface area contributed by atoms with E-state index in [1.807, 2.05) is 32.9 Å². The third-order valence-corrected chi connectivity index (χ3v) is 3.90. The standard InChI is InChI=1S/C19H25N3O4/c1-19(2,3)16-11-15(21-18(24)22-16)17(23)20-7-6-12-8-13(25-4)10-14(9-12)26-5/h8-11H,6-7H2,1-5H3,(H,20,23)(H,21,22,24). The number of H-pyrrole nitrogens is 1. The topological polar surface area (TPSA) is 93.3 Å². The van der Waals surface area contributed by atoms with Gasteiger partial charge in [0, 0.05) is 23.7 Å². The molecule has 2 aromatic rings. The highest BCUT2D eigenvalue weighted by Crippen LogP contribution is 2.22. The molecule has 0 aliphatic carbocycles. The largest absolute Gasteiger partial charge is 0.497 e. The predicted octanol–water partition coefficient (Wildman–Crippen LogP) is 2.06. The molecule has 1 aromatic heterocycles. The van der Waals surface area contributed by atoms with Crippen molar-refractivity contribution < 1.29 is 14.3 Å². The van der Waals surface area contributed by atoms with Gasteiger partial charge >= 0.3 is 5.69 Å². The minimum atomic E-state index is -0.528. The summed E-state index contributed by atoms with van der Waals surface area (Å²) in [6, 6.07) is 7.18. The van der Waals surface area contributed by atoms with Crippen molar-refractivity contribution in [2.75, 3.05) is 20.8 Å². The zero-order valence-electron chi connectivity index (χ0n) is 15.8. The molecule has 26 heavy (non-hydrogen) atoms. The maximum atomic E-state index is 12.3. The zero-order valence-corrected chi connectivity index (χ0v) is 15.8. The molecule has 1 amide bonds. The summed E-state index contributed by atoms with van der Waals surface area (Å²) in [4.78, 5) is 30.5. The summed E-state index contributed by atoms with van der Waals surface area (Å²) in [6.07, 6.45) is 0.592. The van der Waals surface area contributed by atoms with E-state index in [-0.39, 0.29) is 17.0 Å². The van der Waals surface area contributed by atoms with Crippen LogP contribution in [0.5, 0.6) is 11.5 Å². The van der Waals surface area contributed by atoms with E-state index >= 15 is 0 Å². The monoisotopic (exact) mass is 359 g/mol. The maximum absolute atomic E-state index is 12.3. The number of rotatable bonds is 6. The van der Waals surface area contributed by atoms with Gasteiger partial charge < -0.3 is 19.8 Å². The number of aromatic nitrogens is 2. The van der Waals surface area contributed by atoms with Gasteiger partial charge in [-0.15, -0.1) is 0 Å². The first-order chi connectivity index (χ1) is 12.2. The molecule has 0 saturated carbocycles. The second kappa shape index (κ2) is 8.03. The molecular weight excluding hydrogens is 334 g/mol. The Bertz CT molecular complexity index is 815. The van der Waals surface area contributed by atoms with Crippen molar-refractivity contribution in [2.24, 2.45) is 0 Å². The molecule has 1 aromatic carbocycles. The molecule has 0 atom stereocenters. The van der Waals surface area contributed by atoms with Crippen LogP contribution in [0.3, 0.4) is 0 Å². The van der Waals surface area contributed by atoms with Crippen LogP contribution < -0.4 is 20.5 Å². The van der Waals surface area contributed by atoms with Gasteiger partial charge in [0.05, 0.1) is 14.2 Å². The summed E-state index contributed by atoms with van der Waals surface area (Å²) < 4.78 is 10.5. The lowest BCUT2D eigenvalue weighted by Gasteiger charge is -2.18. The number of hydrogen-bond donors (Lipinski definition) is 2. The number of carbonyl (C=O) groups excluding carboxylic acids is 1. The molecular formula is C19H25N3O4. The summed E-state index contributed by atoms with van der Waals surface area (Å²) >= 11 is 0. The highest BCUT2D eigenvalue weighted by Gasteiger charge is 2.18. The van der Waals surface area contributed by atoms with Crippen LogP contribution in [-0.4, -0.2) is 36.6 Å². The van der Waals surface area contributed by atoms with Gasteiger partial charge in [0.25, 0.3) is 5.91 Å². The zero-order chi connectivity index (χ0) is 19.3. The third kappa shape index (κ3) is 5.08. The van der Waals surface area contributed by atoms with Crippen LogP contribution in [0.2, 0.25) is 0 Å². The highest BCUT2D eigenvalue weighted by molar-refractivity contribution is 5.92. The van der Waals surface area contributed by atoms with Gasteiger partial charge in [-0.25, -0.2) is 4.79 Å². The Balaban J connectivity index is 2.06. The molecule has 1 heterocycles. The molecule has 0 aliphatic heterocycles. The van der Waals surface area contributed by atoms with Crippen LogP contribution in [0.1, 0.15) is 42.5 Å². The van der Waals surface area contributed by atoms with Crippen LogP contribution in [0.15, 0.2) is 29.1 Å². The van der Waals surface area contributed by atoms with Gasteiger partial charge in [0.2, 0.25) is 0 Å². The van der Waals surface area contributed by atoms with E-state index in [0.29, 0.717) is 30.2 Å². The Hall–Kier alpha value is -2.83. The minimum absolute atomic E-state index is 0.113. The molecule has 2 N–H and O–H groups in total. The van der Waals surface area contributed by atoms with Crippen LogP contribution in [-0.2, 0) is 11.8 Å². The number of aromatic amines is 1. The first-order valence-corrected chi connectivity index (χ1v) is 8.35. The van der Waals surface area contributed by atoms with Crippen molar-refractivity contribution in [2.45, 2.75) is 32.6 Å². The Kier molecular flexibility index (Phi) is 6.02. The van der Waals surface area contributed by atoms with Crippen molar-refractivity contribution in [1.82, 2.24) is 15.3 Å². The fraction of sp³-hybridized carbons (Fsp3) is 0.421. The molecule has 0 fully saturated rings. The Labute approximate surface area is 152 Å². The van der Waals surface area contributed by atoms with Gasteiger partial charge in [-0.2, -0.15) is 4.98 Å². The molecule has 0 saturated heterocycles.